The highest BCUT2D eigenvalue weighted by molar-refractivity contribution is 7.89. The van der Waals surface area contributed by atoms with Crippen LogP contribution in [0, 0.1) is 11.8 Å². The lowest BCUT2D eigenvalue weighted by Gasteiger charge is -2.30. The molecule has 1 aromatic carbocycles. The molecule has 0 fully saturated rings. The molecule has 3 rings (SSSR count). The van der Waals surface area contributed by atoms with E-state index in [1.54, 1.807) is 23.1 Å². The Bertz CT molecular complexity index is 1200. The molecule has 0 spiro atoms. The maximum absolute atomic E-state index is 13.7. The van der Waals surface area contributed by atoms with Crippen LogP contribution in [0.1, 0.15) is 53.3 Å². The molecule has 3 aromatic rings. The molecule has 9 heteroatoms. The first-order valence-electron chi connectivity index (χ1n) is 11.8. The van der Waals surface area contributed by atoms with Gasteiger partial charge in [-0.1, -0.05) is 27.7 Å². The first kappa shape index (κ1) is 26.0. The number of nitrogens with zero attached hydrogens (tertiary/aromatic N) is 2. The van der Waals surface area contributed by atoms with Gasteiger partial charge < -0.3 is 9.32 Å². The van der Waals surface area contributed by atoms with Crippen molar-refractivity contribution < 1.29 is 22.2 Å². The Morgan fingerprint density at radius 1 is 1.09 bits per heavy atom. The van der Waals surface area contributed by atoms with Gasteiger partial charge in [0.05, 0.1) is 17.2 Å². The zero-order chi connectivity index (χ0) is 25.0. The highest BCUT2D eigenvalue weighted by Crippen LogP contribution is 2.21. The molecule has 1 atom stereocenters. The van der Waals surface area contributed by atoms with Crippen LogP contribution in [0.4, 0.5) is 0 Å². The maximum Gasteiger partial charge on any atom is 0.241 e. The van der Waals surface area contributed by atoms with Crippen LogP contribution in [0.2, 0.25) is 0 Å². The van der Waals surface area contributed by atoms with Crippen molar-refractivity contribution in [3.8, 4) is 0 Å². The number of carbonyl (C=O) groups excluding carboxylic acids is 1. The van der Waals surface area contributed by atoms with E-state index in [0.29, 0.717) is 24.1 Å². The number of H-pyrrole nitrogens is 1. The molecule has 34 heavy (non-hydrogen) atoms. The van der Waals surface area contributed by atoms with Crippen LogP contribution in [-0.2, 0) is 21.2 Å². The van der Waals surface area contributed by atoms with Crippen LogP contribution in [0.25, 0.3) is 11.0 Å². The second-order valence-electron chi connectivity index (χ2n) is 10.00. The van der Waals surface area contributed by atoms with Gasteiger partial charge in [-0.15, -0.1) is 0 Å². The first-order valence-corrected chi connectivity index (χ1v) is 13.3. The third-order valence-corrected chi connectivity index (χ3v) is 7.01. The van der Waals surface area contributed by atoms with E-state index in [2.05, 4.69) is 51.2 Å². The molecule has 8 nitrogen and oxygen atoms in total. The second kappa shape index (κ2) is 10.7. The van der Waals surface area contributed by atoms with E-state index in [0.717, 1.165) is 5.69 Å². The van der Waals surface area contributed by atoms with Crippen molar-refractivity contribution in [3.63, 3.8) is 0 Å². The van der Waals surface area contributed by atoms with Crippen molar-refractivity contribution in [2.75, 3.05) is 13.1 Å². The molecule has 0 aliphatic heterocycles. The summed E-state index contributed by atoms with van der Waals surface area (Å²) >= 11 is 0. The number of rotatable bonds is 11. The normalized spacial score (nSPS) is 13.3. The van der Waals surface area contributed by atoms with Gasteiger partial charge in [-0.05, 0) is 49.9 Å². The number of carbonyl (C=O) groups is 1. The number of aromatic amines is 1. The van der Waals surface area contributed by atoms with E-state index in [4.69, 9.17) is 4.42 Å². The van der Waals surface area contributed by atoms with Gasteiger partial charge in [0.15, 0.2) is 0 Å². The monoisotopic (exact) mass is 489 g/mol. The van der Waals surface area contributed by atoms with E-state index < -0.39 is 16.1 Å². The number of furan rings is 1. The molecule has 0 saturated carbocycles. The third-order valence-electron chi connectivity index (χ3n) is 5.54. The van der Waals surface area contributed by atoms with Crippen LogP contribution in [0.3, 0.4) is 0 Å². The Morgan fingerprint density at radius 3 is 2.35 bits per heavy atom. The minimum absolute atomic E-state index is 0.0993. The largest absolute Gasteiger partial charge is 0.464 e. The molecular weight excluding hydrogens is 452 g/mol. The number of aromatic nitrogens is 2. The van der Waals surface area contributed by atoms with Crippen molar-refractivity contribution in [1.82, 2.24) is 14.6 Å². The maximum atomic E-state index is 13.7. The first-order chi connectivity index (χ1) is 16.0. The number of nitrogens with one attached hydrogen (secondary N) is 2. The number of benzene rings is 1. The topological polar surface area (TPSA) is 99.3 Å². The van der Waals surface area contributed by atoms with E-state index in [9.17, 15) is 13.2 Å². The Morgan fingerprint density at radius 2 is 1.76 bits per heavy atom. The average Bonchev–Trinajstić information content (AvgIpc) is 3.40. The highest BCUT2D eigenvalue weighted by atomic mass is 32.2. The van der Waals surface area contributed by atoms with Gasteiger partial charge in [0, 0.05) is 24.9 Å². The van der Waals surface area contributed by atoms with Gasteiger partial charge in [0.2, 0.25) is 22.3 Å². The minimum Gasteiger partial charge on any atom is -0.464 e. The van der Waals surface area contributed by atoms with Crippen molar-refractivity contribution >= 4 is 26.9 Å². The fourth-order valence-corrected chi connectivity index (χ4v) is 5.17. The van der Waals surface area contributed by atoms with Crippen molar-refractivity contribution in [3.05, 3.63) is 48.7 Å². The van der Waals surface area contributed by atoms with E-state index in [-0.39, 0.29) is 35.1 Å². The summed E-state index contributed by atoms with van der Waals surface area (Å²) in [7, 11) is -3.95. The summed E-state index contributed by atoms with van der Waals surface area (Å²) in [6.45, 7) is 13.4. The Balaban J connectivity index is 1.93. The Kier molecular flexibility index (Phi) is 8.20. The van der Waals surface area contributed by atoms with Crippen LogP contribution in [-0.4, -0.2) is 43.3 Å². The Labute approximate surface area is 202 Å². The molecule has 0 unspecified atom stereocenters. The number of sulfonamides is 1. The van der Waals surface area contributed by atoms with E-state index >= 15 is 0 Å². The second-order valence-corrected chi connectivity index (χ2v) is 11.7. The lowest BCUT2D eigenvalue weighted by atomic mass is 10.1. The molecule has 186 valence electrons. The predicted molar refractivity (Wildman–Crippen MR) is 132 cm³/mol. The molecule has 0 aliphatic rings. The molecule has 1 amide bonds. The van der Waals surface area contributed by atoms with Gasteiger partial charge in [-0.25, -0.2) is 18.0 Å². The van der Waals surface area contributed by atoms with Gasteiger partial charge in [-0.3, -0.25) is 4.79 Å². The van der Waals surface area contributed by atoms with Gasteiger partial charge in [0.25, 0.3) is 0 Å². The molecule has 2 N–H and O–H groups in total. The summed E-state index contributed by atoms with van der Waals surface area (Å²) in [4.78, 5) is 18.8. The molecule has 0 bridgehead atoms. The number of amides is 1. The molecule has 2 heterocycles. The standard InChI is InChI=1S/C25H36N4O4S/c1-17(2)13-28(14-18(3)4)25(30)23(12-21-15-29(16-26-21)19(5)6)27-34(31,32)22-7-8-24-20(11-22)9-10-33-24/h7-11,15-19,23,27H,12-14H2,1-6H3/p+1/t23-/m0/s1. The highest BCUT2D eigenvalue weighted by Gasteiger charge is 2.32. The summed E-state index contributed by atoms with van der Waals surface area (Å²) in [5.74, 6) is 0.301. The van der Waals surface area contributed by atoms with E-state index in [1.807, 2.05) is 17.1 Å². The zero-order valence-electron chi connectivity index (χ0n) is 20.9. The minimum atomic E-state index is -3.95. The van der Waals surface area contributed by atoms with Crippen LogP contribution in [0.15, 0.2) is 52.4 Å². The molecular formula is C25H37N4O4S+. The Hall–Kier alpha value is -2.65. The summed E-state index contributed by atoms with van der Waals surface area (Å²) in [5.41, 5.74) is 1.39. The van der Waals surface area contributed by atoms with Gasteiger partial charge in [0.1, 0.15) is 23.5 Å². The van der Waals surface area contributed by atoms with Crippen molar-refractivity contribution in [2.24, 2.45) is 11.8 Å². The fraction of sp³-hybridized carbons (Fsp3) is 0.520. The summed E-state index contributed by atoms with van der Waals surface area (Å²) in [5, 5.41) is 0.689. The molecule has 0 aliphatic carbocycles. The fourth-order valence-electron chi connectivity index (χ4n) is 3.94. The quantitative estimate of drug-likeness (QED) is 0.402. The van der Waals surface area contributed by atoms with Crippen LogP contribution >= 0.6 is 0 Å². The zero-order valence-corrected chi connectivity index (χ0v) is 21.7. The summed E-state index contributed by atoms with van der Waals surface area (Å²) < 4.78 is 36.7. The molecule has 0 saturated heterocycles. The lowest BCUT2D eigenvalue weighted by Crippen LogP contribution is -2.51. The number of hydrogen-bond acceptors (Lipinski definition) is 4. The van der Waals surface area contributed by atoms with Crippen LogP contribution in [0.5, 0.6) is 0 Å². The number of fused-ring (bicyclic) bond motifs is 1. The van der Waals surface area contributed by atoms with Crippen molar-refractivity contribution in [1.29, 1.82) is 0 Å². The summed E-state index contributed by atoms with van der Waals surface area (Å²) in [6.07, 6.45) is 5.50. The number of imidazole rings is 1. The average molecular weight is 490 g/mol. The SMILES string of the molecule is CC(C)CN(CC(C)C)C(=O)[C@H](Cc1c[n+](C(C)C)c[nH]1)NS(=O)(=O)c1ccc2occc2c1. The van der Waals surface area contributed by atoms with E-state index in [1.165, 1.54) is 12.3 Å². The van der Waals surface area contributed by atoms with Crippen LogP contribution < -0.4 is 9.29 Å². The molecule has 0 radical (unpaired) electrons. The van der Waals surface area contributed by atoms with Crippen molar-refractivity contribution in [2.45, 2.75) is 64.9 Å². The smallest absolute Gasteiger partial charge is 0.241 e. The number of hydrogen-bond donors (Lipinski definition) is 2. The predicted octanol–water partition coefficient (Wildman–Crippen LogP) is 3.66. The molecule has 2 aromatic heterocycles. The third kappa shape index (κ3) is 6.48. The lowest BCUT2D eigenvalue weighted by molar-refractivity contribution is -0.715. The van der Waals surface area contributed by atoms with Gasteiger partial charge >= 0.3 is 0 Å². The van der Waals surface area contributed by atoms with Gasteiger partial charge in [-0.2, -0.15) is 4.72 Å². The summed E-state index contributed by atoms with van der Waals surface area (Å²) in [6, 6.07) is 5.70.